The van der Waals surface area contributed by atoms with Crippen molar-refractivity contribution in [3.8, 4) is 0 Å². The number of aromatic nitrogens is 4. The molecule has 0 radical (unpaired) electrons. The fourth-order valence-electron chi connectivity index (χ4n) is 2.03. The second kappa shape index (κ2) is 6.57. The van der Waals surface area contributed by atoms with Gasteiger partial charge in [0.1, 0.15) is 11.6 Å². The SMILES string of the molecule is Cc1cnc(Nc2cn[nH]c2)nc1NCc1c(F)ccc(F)c1F. The number of hydrogen-bond donors (Lipinski definition) is 3. The van der Waals surface area contributed by atoms with Crippen LogP contribution in [-0.4, -0.2) is 20.2 Å². The molecule has 0 aliphatic carbocycles. The quantitative estimate of drug-likeness (QED) is 0.624. The molecule has 0 bridgehead atoms. The number of nitrogens with one attached hydrogen (secondary N) is 3. The Kier molecular flexibility index (Phi) is 4.32. The molecule has 0 spiro atoms. The standard InChI is InChI=1S/C15H13F3N6/c1-8-4-20-15(23-9-5-21-22-6-9)24-14(8)19-7-10-11(16)2-3-12(17)13(10)18/h2-6H,7H2,1H3,(H,21,22)(H2,19,20,23,24). The first-order valence-electron chi connectivity index (χ1n) is 7.00. The minimum absolute atomic E-state index is 0.252. The number of anilines is 3. The highest BCUT2D eigenvalue weighted by Crippen LogP contribution is 2.20. The zero-order valence-corrected chi connectivity index (χ0v) is 12.6. The first-order chi connectivity index (χ1) is 11.5. The zero-order valence-electron chi connectivity index (χ0n) is 12.6. The van der Waals surface area contributed by atoms with Gasteiger partial charge in [0, 0.05) is 30.1 Å². The third kappa shape index (κ3) is 3.29. The average Bonchev–Trinajstić information content (AvgIpc) is 3.07. The summed E-state index contributed by atoms with van der Waals surface area (Å²) in [5, 5.41) is 12.1. The Morgan fingerprint density at radius 1 is 1.12 bits per heavy atom. The fourth-order valence-corrected chi connectivity index (χ4v) is 2.03. The van der Waals surface area contributed by atoms with Gasteiger partial charge in [-0.05, 0) is 19.1 Å². The first kappa shape index (κ1) is 15.8. The Labute approximate surface area is 135 Å². The third-order valence-corrected chi connectivity index (χ3v) is 3.30. The molecule has 0 aliphatic rings. The van der Waals surface area contributed by atoms with Crippen LogP contribution in [0.3, 0.4) is 0 Å². The van der Waals surface area contributed by atoms with Crippen LogP contribution in [0.5, 0.6) is 0 Å². The number of aromatic amines is 1. The number of benzene rings is 1. The predicted molar refractivity (Wildman–Crippen MR) is 82.3 cm³/mol. The highest BCUT2D eigenvalue weighted by Gasteiger charge is 2.14. The molecule has 0 amide bonds. The van der Waals surface area contributed by atoms with E-state index >= 15 is 0 Å². The van der Waals surface area contributed by atoms with Crippen LogP contribution in [0, 0.1) is 24.4 Å². The van der Waals surface area contributed by atoms with Crippen molar-refractivity contribution in [1.29, 1.82) is 0 Å². The van der Waals surface area contributed by atoms with Crippen molar-refractivity contribution in [3.63, 3.8) is 0 Å². The second-order valence-corrected chi connectivity index (χ2v) is 5.01. The maximum Gasteiger partial charge on any atom is 0.229 e. The van der Waals surface area contributed by atoms with Crippen LogP contribution in [0.25, 0.3) is 0 Å². The topological polar surface area (TPSA) is 78.5 Å². The van der Waals surface area contributed by atoms with Crippen LogP contribution >= 0.6 is 0 Å². The molecule has 0 aliphatic heterocycles. The molecule has 124 valence electrons. The summed E-state index contributed by atoms with van der Waals surface area (Å²) in [4.78, 5) is 8.34. The van der Waals surface area contributed by atoms with E-state index in [0.29, 0.717) is 17.1 Å². The van der Waals surface area contributed by atoms with Crippen molar-refractivity contribution in [3.05, 3.63) is 59.3 Å². The molecule has 9 heteroatoms. The Bertz CT molecular complexity index is 851. The summed E-state index contributed by atoms with van der Waals surface area (Å²) in [5.74, 6) is -2.49. The molecule has 6 nitrogen and oxygen atoms in total. The van der Waals surface area contributed by atoms with Crippen molar-refractivity contribution in [2.75, 3.05) is 10.6 Å². The second-order valence-electron chi connectivity index (χ2n) is 5.01. The number of nitrogens with zero attached hydrogens (tertiary/aromatic N) is 3. The Balaban J connectivity index is 1.79. The molecule has 0 saturated heterocycles. The van der Waals surface area contributed by atoms with Gasteiger partial charge in [-0.25, -0.2) is 18.2 Å². The molecule has 0 fully saturated rings. The van der Waals surface area contributed by atoms with Crippen LogP contribution < -0.4 is 10.6 Å². The highest BCUT2D eigenvalue weighted by molar-refractivity contribution is 5.54. The molecule has 3 aromatic rings. The van der Waals surface area contributed by atoms with Crippen molar-refractivity contribution in [1.82, 2.24) is 20.2 Å². The smallest absolute Gasteiger partial charge is 0.229 e. The predicted octanol–water partition coefficient (Wildman–Crippen LogP) is 3.28. The van der Waals surface area contributed by atoms with Crippen LogP contribution in [-0.2, 0) is 6.54 Å². The van der Waals surface area contributed by atoms with E-state index in [-0.39, 0.29) is 12.5 Å². The van der Waals surface area contributed by atoms with Gasteiger partial charge < -0.3 is 10.6 Å². The number of H-pyrrole nitrogens is 1. The summed E-state index contributed by atoms with van der Waals surface area (Å²) in [7, 11) is 0. The number of halogens is 3. The van der Waals surface area contributed by atoms with Crippen molar-refractivity contribution in [2.24, 2.45) is 0 Å². The van der Waals surface area contributed by atoms with E-state index in [4.69, 9.17) is 0 Å². The van der Waals surface area contributed by atoms with E-state index in [2.05, 4.69) is 30.8 Å². The monoisotopic (exact) mass is 334 g/mol. The van der Waals surface area contributed by atoms with Crippen LogP contribution in [0.4, 0.5) is 30.6 Å². The molecule has 2 heterocycles. The molecule has 24 heavy (non-hydrogen) atoms. The van der Waals surface area contributed by atoms with Crippen molar-refractivity contribution in [2.45, 2.75) is 13.5 Å². The Morgan fingerprint density at radius 2 is 1.92 bits per heavy atom. The zero-order chi connectivity index (χ0) is 17.1. The van der Waals surface area contributed by atoms with E-state index in [1.165, 1.54) is 0 Å². The molecule has 1 aromatic carbocycles. The summed E-state index contributed by atoms with van der Waals surface area (Å²) >= 11 is 0. The van der Waals surface area contributed by atoms with Gasteiger partial charge in [0.25, 0.3) is 0 Å². The van der Waals surface area contributed by atoms with Crippen LogP contribution in [0.15, 0.2) is 30.7 Å². The first-order valence-corrected chi connectivity index (χ1v) is 7.00. The summed E-state index contributed by atoms with van der Waals surface area (Å²) < 4.78 is 40.6. The van der Waals surface area contributed by atoms with E-state index < -0.39 is 23.0 Å². The minimum Gasteiger partial charge on any atom is -0.365 e. The summed E-state index contributed by atoms with van der Waals surface area (Å²) in [6, 6.07) is 1.63. The van der Waals surface area contributed by atoms with Gasteiger partial charge in [0.15, 0.2) is 11.6 Å². The van der Waals surface area contributed by atoms with Gasteiger partial charge in [-0.2, -0.15) is 10.1 Å². The van der Waals surface area contributed by atoms with E-state index in [1.807, 2.05) is 0 Å². The number of aryl methyl sites for hydroxylation is 1. The summed E-state index contributed by atoms with van der Waals surface area (Å²) in [6.07, 6.45) is 4.72. The van der Waals surface area contributed by atoms with Gasteiger partial charge >= 0.3 is 0 Å². The molecule has 0 saturated carbocycles. The molecule has 3 rings (SSSR count). The highest BCUT2D eigenvalue weighted by atomic mass is 19.2. The maximum atomic E-state index is 13.7. The lowest BCUT2D eigenvalue weighted by Gasteiger charge is -2.11. The van der Waals surface area contributed by atoms with Gasteiger partial charge in [0.2, 0.25) is 5.95 Å². The minimum atomic E-state index is -1.22. The number of hydrogen-bond acceptors (Lipinski definition) is 5. The Morgan fingerprint density at radius 3 is 2.67 bits per heavy atom. The van der Waals surface area contributed by atoms with Gasteiger partial charge in [0.05, 0.1) is 11.9 Å². The molecular formula is C15H13F3N6. The van der Waals surface area contributed by atoms with E-state index in [0.717, 1.165) is 12.1 Å². The van der Waals surface area contributed by atoms with E-state index in [9.17, 15) is 13.2 Å². The van der Waals surface area contributed by atoms with Gasteiger partial charge in [-0.15, -0.1) is 0 Å². The summed E-state index contributed by atoms with van der Waals surface area (Å²) in [5.41, 5.74) is 0.939. The van der Waals surface area contributed by atoms with Gasteiger partial charge in [-0.3, -0.25) is 5.10 Å². The largest absolute Gasteiger partial charge is 0.365 e. The molecule has 2 aromatic heterocycles. The van der Waals surface area contributed by atoms with Crippen LogP contribution in [0.1, 0.15) is 11.1 Å². The molecule has 0 atom stereocenters. The lowest BCUT2D eigenvalue weighted by Crippen LogP contribution is -2.09. The molecule has 3 N–H and O–H groups in total. The normalized spacial score (nSPS) is 10.7. The molecule has 0 unspecified atom stereocenters. The lowest BCUT2D eigenvalue weighted by molar-refractivity contribution is 0.481. The van der Waals surface area contributed by atoms with Crippen molar-refractivity contribution < 1.29 is 13.2 Å². The fraction of sp³-hybridized carbons (Fsp3) is 0.133. The molecular weight excluding hydrogens is 321 g/mol. The third-order valence-electron chi connectivity index (χ3n) is 3.30. The van der Waals surface area contributed by atoms with Crippen LogP contribution in [0.2, 0.25) is 0 Å². The maximum absolute atomic E-state index is 13.7. The number of rotatable bonds is 5. The lowest BCUT2D eigenvalue weighted by atomic mass is 10.2. The van der Waals surface area contributed by atoms with Gasteiger partial charge in [-0.1, -0.05) is 0 Å². The average molecular weight is 334 g/mol. The Hall–Kier alpha value is -3.10. The van der Waals surface area contributed by atoms with Crippen molar-refractivity contribution >= 4 is 17.5 Å². The van der Waals surface area contributed by atoms with E-state index in [1.54, 1.807) is 25.5 Å². The summed E-state index contributed by atoms with van der Waals surface area (Å²) in [6.45, 7) is 1.49.